The molecule has 2 rings (SSSR count). The third-order valence-electron chi connectivity index (χ3n) is 4.40. The van der Waals surface area contributed by atoms with Crippen LogP contribution in [0, 0.1) is 0 Å². The molecule has 118 valence electrons. The summed E-state index contributed by atoms with van der Waals surface area (Å²) < 4.78 is 39.3. The molecule has 0 aromatic heterocycles. The second kappa shape index (κ2) is 5.97. The summed E-state index contributed by atoms with van der Waals surface area (Å²) in [6, 6.07) is 5.30. The van der Waals surface area contributed by atoms with E-state index >= 15 is 0 Å². The number of aliphatic hydroxyl groups is 1. The predicted octanol–water partition coefficient (Wildman–Crippen LogP) is 4.00. The van der Waals surface area contributed by atoms with Gasteiger partial charge >= 0.3 is 6.18 Å². The molecule has 5 heteroatoms. The fraction of sp³-hybridized carbons (Fsp3) is 0.625. The number of benzene rings is 1. The van der Waals surface area contributed by atoms with E-state index in [9.17, 15) is 18.3 Å². The quantitative estimate of drug-likeness (QED) is 0.912. The molecule has 21 heavy (non-hydrogen) atoms. The van der Waals surface area contributed by atoms with Crippen LogP contribution in [0.5, 0.6) is 0 Å². The Morgan fingerprint density at radius 1 is 1.05 bits per heavy atom. The second-order valence-corrected chi connectivity index (χ2v) is 6.19. The van der Waals surface area contributed by atoms with E-state index in [-0.39, 0.29) is 5.56 Å². The molecule has 0 radical (unpaired) electrons. The van der Waals surface area contributed by atoms with Crippen molar-refractivity contribution < 1.29 is 18.3 Å². The van der Waals surface area contributed by atoms with Gasteiger partial charge in [0.25, 0.3) is 0 Å². The highest BCUT2D eigenvalue weighted by Crippen LogP contribution is 2.40. The highest BCUT2D eigenvalue weighted by Gasteiger charge is 2.41. The molecule has 0 saturated carbocycles. The molecule has 0 spiro atoms. The van der Waals surface area contributed by atoms with Gasteiger partial charge in [0, 0.05) is 5.54 Å². The van der Waals surface area contributed by atoms with Gasteiger partial charge in [-0.2, -0.15) is 13.2 Å². The highest BCUT2D eigenvalue weighted by molar-refractivity contribution is 5.33. The molecule has 0 aliphatic carbocycles. The SMILES string of the molecule is CC(C)(C(O)c1ccccc1C(F)(F)F)N1CCCCC1. The van der Waals surface area contributed by atoms with Crippen molar-refractivity contribution in [1.82, 2.24) is 4.90 Å². The highest BCUT2D eigenvalue weighted by atomic mass is 19.4. The zero-order valence-corrected chi connectivity index (χ0v) is 12.5. The lowest BCUT2D eigenvalue weighted by atomic mass is 9.85. The molecule has 1 aromatic carbocycles. The van der Waals surface area contributed by atoms with E-state index in [1.165, 1.54) is 12.1 Å². The summed E-state index contributed by atoms with van der Waals surface area (Å²) >= 11 is 0. The first-order valence-electron chi connectivity index (χ1n) is 7.34. The summed E-state index contributed by atoms with van der Waals surface area (Å²) in [6.45, 7) is 5.27. The molecule has 2 nitrogen and oxygen atoms in total. The fourth-order valence-corrected chi connectivity index (χ4v) is 3.02. The van der Waals surface area contributed by atoms with Crippen molar-refractivity contribution in [1.29, 1.82) is 0 Å². The Balaban J connectivity index is 2.32. The number of piperidine rings is 1. The van der Waals surface area contributed by atoms with Gasteiger partial charge in [-0.1, -0.05) is 24.6 Å². The Hall–Kier alpha value is -1.07. The van der Waals surface area contributed by atoms with E-state index in [0.717, 1.165) is 38.4 Å². The summed E-state index contributed by atoms with van der Waals surface area (Å²) in [4.78, 5) is 2.09. The number of halogens is 3. The maximum absolute atomic E-state index is 13.1. The Morgan fingerprint density at radius 3 is 2.19 bits per heavy atom. The number of aliphatic hydroxyl groups excluding tert-OH is 1. The molecule has 0 bridgehead atoms. The van der Waals surface area contributed by atoms with Gasteiger partial charge in [-0.25, -0.2) is 0 Å². The van der Waals surface area contributed by atoms with E-state index in [1.54, 1.807) is 6.07 Å². The zero-order chi connectivity index (χ0) is 15.7. The lowest BCUT2D eigenvalue weighted by molar-refractivity contribution is -0.140. The minimum Gasteiger partial charge on any atom is -0.386 e. The average molecular weight is 301 g/mol. The summed E-state index contributed by atoms with van der Waals surface area (Å²) in [5.74, 6) is 0. The molecule has 1 fully saturated rings. The van der Waals surface area contributed by atoms with Crippen LogP contribution in [0.4, 0.5) is 13.2 Å². The monoisotopic (exact) mass is 301 g/mol. The van der Waals surface area contributed by atoms with Crippen LogP contribution in [-0.4, -0.2) is 28.6 Å². The lowest BCUT2D eigenvalue weighted by Crippen LogP contribution is -2.50. The van der Waals surface area contributed by atoms with E-state index in [2.05, 4.69) is 4.90 Å². The first-order chi connectivity index (χ1) is 9.74. The minimum atomic E-state index is -4.45. The number of likely N-dealkylation sites (tertiary alicyclic amines) is 1. The molecular formula is C16H22F3NO. The van der Waals surface area contributed by atoms with E-state index < -0.39 is 23.4 Å². The average Bonchev–Trinajstić information content (AvgIpc) is 2.46. The molecule has 1 saturated heterocycles. The van der Waals surface area contributed by atoms with Gasteiger partial charge < -0.3 is 5.11 Å². The topological polar surface area (TPSA) is 23.5 Å². The van der Waals surface area contributed by atoms with Gasteiger partial charge in [-0.3, -0.25) is 4.90 Å². The molecule has 1 heterocycles. The van der Waals surface area contributed by atoms with Crippen molar-refractivity contribution in [3.05, 3.63) is 35.4 Å². The third kappa shape index (κ3) is 3.40. The van der Waals surface area contributed by atoms with Crippen molar-refractivity contribution >= 4 is 0 Å². The first kappa shape index (κ1) is 16.3. The molecule has 1 unspecified atom stereocenters. The number of nitrogens with zero attached hydrogens (tertiary/aromatic N) is 1. The lowest BCUT2D eigenvalue weighted by Gasteiger charge is -2.44. The van der Waals surface area contributed by atoms with E-state index in [0.29, 0.717) is 0 Å². The van der Waals surface area contributed by atoms with Crippen LogP contribution in [0.1, 0.15) is 50.3 Å². The Kier molecular flexibility index (Phi) is 4.63. The van der Waals surface area contributed by atoms with Crippen LogP contribution in [0.15, 0.2) is 24.3 Å². The number of hydrogen-bond acceptors (Lipinski definition) is 2. The number of hydrogen-bond donors (Lipinski definition) is 1. The normalized spacial score (nSPS) is 19.5. The van der Waals surface area contributed by atoms with Crippen molar-refractivity contribution in [3.63, 3.8) is 0 Å². The minimum absolute atomic E-state index is 0.0411. The van der Waals surface area contributed by atoms with E-state index in [1.807, 2.05) is 13.8 Å². The molecule has 1 aromatic rings. The summed E-state index contributed by atoms with van der Waals surface area (Å²) in [5.41, 5.74) is -1.51. The molecule has 0 amide bonds. The summed E-state index contributed by atoms with van der Waals surface area (Å²) in [7, 11) is 0. The largest absolute Gasteiger partial charge is 0.416 e. The number of rotatable bonds is 3. The van der Waals surface area contributed by atoms with Gasteiger partial charge in [-0.05, 0) is 51.4 Å². The smallest absolute Gasteiger partial charge is 0.386 e. The van der Waals surface area contributed by atoms with Gasteiger partial charge in [-0.15, -0.1) is 0 Å². The Labute approximate surface area is 123 Å². The van der Waals surface area contributed by atoms with Crippen LogP contribution in [-0.2, 0) is 6.18 Å². The van der Waals surface area contributed by atoms with E-state index in [4.69, 9.17) is 0 Å². The van der Waals surface area contributed by atoms with Crippen LogP contribution < -0.4 is 0 Å². The maximum Gasteiger partial charge on any atom is 0.416 e. The molecule has 1 atom stereocenters. The van der Waals surface area contributed by atoms with Crippen LogP contribution in [0.2, 0.25) is 0 Å². The third-order valence-corrected chi connectivity index (χ3v) is 4.40. The Morgan fingerprint density at radius 2 is 1.62 bits per heavy atom. The van der Waals surface area contributed by atoms with Crippen LogP contribution >= 0.6 is 0 Å². The van der Waals surface area contributed by atoms with Crippen molar-refractivity contribution in [2.24, 2.45) is 0 Å². The summed E-state index contributed by atoms with van der Waals surface area (Å²) in [5, 5.41) is 10.6. The second-order valence-electron chi connectivity index (χ2n) is 6.19. The standard InChI is InChI=1S/C16H22F3NO/c1-15(2,20-10-6-3-7-11-20)14(21)12-8-4-5-9-13(12)16(17,18)19/h4-5,8-9,14,21H,3,6-7,10-11H2,1-2H3. The van der Waals surface area contributed by atoms with Crippen molar-refractivity contribution in [2.75, 3.05) is 13.1 Å². The number of alkyl halides is 3. The maximum atomic E-state index is 13.1. The van der Waals surface area contributed by atoms with Crippen LogP contribution in [0.3, 0.4) is 0 Å². The molecule has 1 N–H and O–H groups in total. The fourth-order valence-electron chi connectivity index (χ4n) is 3.02. The van der Waals surface area contributed by atoms with Gasteiger partial charge in [0.2, 0.25) is 0 Å². The zero-order valence-electron chi connectivity index (χ0n) is 12.5. The molecule has 1 aliphatic heterocycles. The van der Waals surface area contributed by atoms with Crippen molar-refractivity contribution in [3.8, 4) is 0 Å². The first-order valence-corrected chi connectivity index (χ1v) is 7.34. The molecule has 1 aliphatic rings. The predicted molar refractivity (Wildman–Crippen MR) is 75.9 cm³/mol. The molecular weight excluding hydrogens is 279 g/mol. The van der Waals surface area contributed by atoms with Crippen LogP contribution in [0.25, 0.3) is 0 Å². The summed E-state index contributed by atoms with van der Waals surface area (Å²) in [6.07, 6.45) is -2.43. The van der Waals surface area contributed by atoms with Crippen molar-refractivity contribution in [2.45, 2.75) is 50.9 Å². The Bertz CT molecular complexity index is 479. The van der Waals surface area contributed by atoms with Gasteiger partial charge in [0.05, 0.1) is 11.7 Å². The van der Waals surface area contributed by atoms with Gasteiger partial charge in [0.15, 0.2) is 0 Å². The van der Waals surface area contributed by atoms with Gasteiger partial charge in [0.1, 0.15) is 0 Å².